The normalized spacial score (nSPS) is 11.9. The van der Waals surface area contributed by atoms with Crippen LogP contribution in [0.5, 0.6) is 0 Å². The number of hydrogen-bond donors (Lipinski definition) is 1. The molecule has 1 N–H and O–H groups in total. The van der Waals surface area contributed by atoms with Crippen LogP contribution in [0.25, 0.3) is 0 Å². The van der Waals surface area contributed by atoms with Crippen molar-refractivity contribution >= 4 is 39.1 Å². The van der Waals surface area contributed by atoms with Crippen LogP contribution in [0.1, 0.15) is 36.5 Å². The van der Waals surface area contributed by atoms with Gasteiger partial charge in [-0.2, -0.15) is 0 Å². The summed E-state index contributed by atoms with van der Waals surface area (Å²) in [6.45, 7) is 3.58. The highest BCUT2D eigenvalue weighted by molar-refractivity contribution is 7.92. The van der Waals surface area contributed by atoms with Crippen LogP contribution in [0.4, 0.5) is 10.1 Å². The van der Waals surface area contributed by atoms with E-state index >= 15 is 0 Å². The van der Waals surface area contributed by atoms with E-state index in [0.29, 0.717) is 17.1 Å². The van der Waals surface area contributed by atoms with Gasteiger partial charge in [0.1, 0.15) is 18.4 Å². The minimum Gasteiger partial charge on any atom is -0.354 e. The first-order valence-corrected chi connectivity index (χ1v) is 16.6. The largest absolute Gasteiger partial charge is 0.354 e. The molecule has 1 atom stereocenters. The molecule has 0 bridgehead atoms. The van der Waals surface area contributed by atoms with Crippen molar-refractivity contribution in [3.05, 3.63) is 131 Å². The Hall–Kier alpha value is -4.21. The van der Waals surface area contributed by atoms with Crippen LogP contribution in [0, 0.1) is 12.7 Å². The molecule has 236 valence electrons. The van der Waals surface area contributed by atoms with Crippen LogP contribution in [0.15, 0.2) is 108 Å². The molecule has 7 nitrogen and oxygen atoms in total. The van der Waals surface area contributed by atoms with Gasteiger partial charge in [0.2, 0.25) is 11.8 Å². The van der Waals surface area contributed by atoms with Crippen LogP contribution in [0.3, 0.4) is 0 Å². The third-order valence-corrected chi connectivity index (χ3v) is 9.62. The third-order valence-electron chi connectivity index (χ3n) is 7.42. The van der Waals surface area contributed by atoms with E-state index in [4.69, 9.17) is 11.6 Å². The lowest BCUT2D eigenvalue weighted by Gasteiger charge is -2.34. The fraction of sp³-hybridized carbons (Fsp3) is 0.257. The lowest BCUT2D eigenvalue weighted by Crippen LogP contribution is -2.53. The number of nitrogens with one attached hydrogen (secondary N) is 1. The van der Waals surface area contributed by atoms with Crippen LogP contribution in [0.2, 0.25) is 5.02 Å². The maximum atomic E-state index is 14.4. The molecule has 0 fully saturated rings. The molecule has 0 aliphatic rings. The third kappa shape index (κ3) is 8.93. The first kappa shape index (κ1) is 33.7. The van der Waals surface area contributed by atoms with Crippen LogP contribution in [-0.2, 0) is 32.6 Å². The molecule has 45 heavy (non-hydrogen) atoms. The highest BCUT2D eigenvalue weighted by atomic mass is 35.5. The summed E-state index contributed by atoms with van der Waals surface area (Å²) in [6.07, 6.45) is 1.81. The van der Waals surface area contributed by atoms with Crippen LogP contribution < -0.4 is 9.62 Å². The zero-order valence-corrected chi connectivity index (χ0v) is 26.9. The second-order valence-corrected chi connectivity index (χ2v) is 13.0. The number of unbranched alkanes of at least 4 members (excludes halogenated alkanes) is 1. The number of rotatable bonds is 14. The number of amides is 2. The van der Waals surface area contributed by atoms with Crippen molar-refractivity contribution in [3.8, 4) is 0 Å². The molecule has 10 heteroatoms. The number of carbonyl (C=O) groups excluding carboxylic acids is 2. The van der Waals surface area contributed by atoms with Crippen molar-refractivity contribution in [2.24, 2.45) is 0 Å². The van der Waals surface area contributed by atoms with E-state index in [0.717, 1.165) is 28.3 Å². The molecule has 0 saturated heterocycles. The molecular formula is C35H37ClFN3O4S. The first-order valence-electron chi connectivity index (χ1n) is 14.8. The van der Waals surface area contributed by atoms with E-state index < -0.39 is 34.3 Å². The maximum absolute atomic E-state index is 14.4. The number of anilines is 1. The van der Waals surface area contributed by atoms with Crippen molar-refractivity contribution < 1.29 is 22.4 Å². The van der Waals surface area contributed by atoms with Gasteiger partial charge in [-0.3, -0.25) is 13.9 Å². The summed E-state index contributed by atoms with van der Waals surface area (Å²) in [7, 11) is -4.24. The molecule has 0 heterocycles. The fourth-order valence-electron chi connectivity index (χ4n) is 4.83. The number of halogens is 2. The molecule has 1 unspecified atom stereocenters. The Morgan fingerprint density at radius 1 is 0.889 bits per heavy atom. The molecule has 2 amide bonds. The standard InChI is InChI=1S/C35H37ClFN3O4S/c1-3-4-21-38-35(42)33(22-27-11-7-5-8-12-27)39(24-28-16-18-29(37)19-17-28)34(41)25-40(30-20-15-26(2)32(36)23-30)45(43,44)31-13-9-6-10-14-31/h5-20,23,33H,3-4,21-22,24-25H2,1-2H3,(H,38,42). The fourth-order valence-corrected chi connectivity index (χ4v) is 6.43. The summed E-state index contributed by atoms with van der Waals surface area (Å²) in [4.78, 5) is 29.6. The minimum absolute atomic E-state index is 0.00211. The number of carbonyl (C=O) groups is 2. The Morgan fingerprint density at radius 2 is 1.53 bits per heavy atom. The summed E-state index contributed by atoms with van der Waals surface area (Å²) < 4.78 is 42.9. The molecule has 0 aliphatic heterocycles. The van der Waals surface area contributed by atoms with Gasteiger partial charge in [0.15, 0.2) is 0 Å². The number of nitrogens with zero attached hydrogens (tertiary/aromatic N) is 2. The SMILES string of the molecule is CCCCNC(=O)C(Cc1ccccc1)N(Cc1ccc(F)cc1)C(=O)CN(c1ccc(C)c(Cl)c1)S(=O)(=O)c1ccccc1. The van der Waals surface area contributed by atoms with Gasteiger partial charge in [-0.15, -0.1) is 0 Å². The minimum atomic E-state index is -4.24. The van der Waals surface area contributed by atoms with E-state index in [1.165, 1.54) is 35.2 Å². The monoisotopic (exact) mass is 649 g/mol. The summed E-state index contributed by atoms with van der Waals surface area (Å²) in [5, 5.41) is 3.29. The predicted molar refractivity (Wildman–Crippen MR) is 176 cm³/mol. The quantitative estimate of drug-likeness (QED) is 0.157. The molecule has 0 saturated carbocycles. The summed E-state index contributed by atoms with van der Waals surface area (Å²) in [5.74, 6) is -1.41. The molecule has 4 rings (SSSR count). The van der Waals surface area contributed by atoms with Gasteiger partial charge in [0.05, 0.1) is 10.6 Å². The predicted octanol–water partition coefficient (Wildman–Crippen LogP) is 6.54. The van der Waals surface area contributed by atoms with E-state index in [-0.39, 0.29) is 29.5 Å². The molecule has 0 radical (unpaired) electrons. The van der Waals surface area contributed by atoms with Crippen LogP contribution in [-0.4, -0.2) is 44.3 Å². The Bertz CT molecular complexity index is 1690. The van der Waals surface area contributed by atoms with Crippen molar-refractivity contribution in [3.63, 3.8) is 0 Å². The topological polar surface area (TPSA) is 86.8 Å². The van der Waals surface area contributed by atoms with E-state index in [2.05, 4.69) is 5.32 Å². The van der Waals surface area contributed by atoms with Gasteiger partial charge < -0.3 is 10.2 Å². The highest BCUT2D eigenvalue weighted by Crippen LogP contribution is 2.29. The molecular weight excluding hydrogens is 613 g/mol. The van der Waals surface area contributed by atoms with Gasteiger partial charge in [-0.05, 0) is 66.4 Å². The first-order chi connectivity index (χ1) is 21.6. The lowest BCUT2D eigenvalue weighted by molar-refractivity contribution is -0.140. The number of benzene rings is 4. The zero-order chi connectivity index (χ0) is 32.4. The second-order valence-electron chi connectivity index (χ2n) is 10.8. The molecule has 4 aromatic carbocycles. The lowest BCUT2D eigenvalue weighted by atomic mass is 10.0. The Labute approximate surface area is 269 Å². The second kappa shape index (κ2) is 15.7. The van der Waals surface area contributed by atoms with E-state index in [9.17, 15) is 22.4 Å². The maximum Gasteiger partial charge on any atom is 0.264 e. The Kier molecular flexibility index (Phi) is 11.7. The van der Waals surface area contributed by atoms with Crippen LogP contribution >= 0.6 is 11.6 Å². The summed E-state index contributed by atoms with van der Waals surface area (Å²) >= 11 is 6.42. The molecule has 0 spiro atoms. The number of hydrogen-bond acceptors (Lipinski definition) is 4. The smallest absolute Gasteiger partial charge is 0.264 e. The zero-order valence-electron chi connectivity index (χ0n) is 25.3. The molecule has 4 aromatic rings. The van der Waals surface area contributed by atoms with Gasteiger partial charge in [0.25, 0.3) is 10.0 Å². The van der Waals surface area contributed by atoms with Gasteiger partial charge >= 0.3 is 0 Å². The Balaban J connectivity index is 1.79. The summed E-state index contributed by atoms with van der Waals surface area (Å²) in [6, 6.07) is 26.6. The van der Waals surface area contributed by atoms with E-state index in [1.807, 2.05) is 37.3 Å². The highest BCUT2D eigenvalue weighted by Gasteiger charge is 2.34. The Morgan fingerprint density at radius 3 is 2.16 bits per heavy atom. The van der Waals surface area contributed by atoms with Gasteiger partial charge in [-0.1, -0.05) is 91.7 Å². The van der Waals surface area contributed by atoms with Crippen molar-refractivity contribution in [2.75, 3.05) is 17.4 Å². The average Bonchev–Trinajstić information content (AvgIpc) is 3.04. The number of sulfonamides is 1. The van der Waals surface area contributed by atoms with E-state index in [1.54, 1.807) is 49.4 Å². The molecule has 0 aromatic heterocycles. The van der Waals surface area contributed by atoms with Gasteiger partial charge in [0, 0.05) is 24.5 Å². The number of aryl methyl sites for hydroxylation is 1. The van der Waals surface area contributed by atoms with Crippen molar-refractivity contribution in [1.29, 1.82) is 0 Å². The van der Waals surface area contributed by atoms with Crippen molar-refractivity contribution in [2.45, 2.75) is 50.6 Å². The summed E-state index contributed by atoms with van der Waals surface area (Å²) in [5.41, 5.74) is 2.36. The average molecular weight is 650 g/mol. The molecule has 0 aliphatic carbocycles. The van der Waals surface area contributed by atoms with Crippen molar-refractivity contribution in [1.82, 2.24) is 10.2 Å². The van der Waals surface area contributed by atoms with Gasteiger partial charge in [-0.25, -0.2) is 12.8 Å².